The van der Waals surface area contributed by atoms with Crippen LogP contribution < -0.4 is 0 Å². The van der Waals surface area contributed by atoms with E-state index in [4.69, 9.17) is 5.11 Å². The number of hydrogen-bond donors (Lipinski definition) is 2. The van der Waals surface area contributed by atoms with E-state index in [1.807, 2.05) is 0 Å². The summed E-state index contributed by atoms with van der Waals surface area (Å²) < 4.78 is 0. The Bertz CT molecular complexity index is 291. The normalized spacial score (nSPS) is 24.4. The summed E-state index contributed by atoms with van der Waals surface area (Å²) in [6.07, 6.45) is 0.891. The molecule has 0 aromatic heterocycles. The van der Waals surface area contributed by atoms with Gasteiger partial charge in [-0.05, 0) is 6.42 Å². The summed E-state index contributed by atoms with van der Waals surface area (Å²) in [5.41, 5.74) is 0. The van der Waals surface area contributed by atoms with Gasteiger partial charge < -0.3 is 19.9 Å². The van der Waals surface area contributed by atoms with E-state index in [1.54, 1.807) is 0 Å². The second-order valence-electron chi connectivity index (χ2n) is 3.85. The number of nitrogens with zero attached hydrogens (tertiary/aromatic N) is 1. The van der Waals surface area contributed by atoms with Crippen LogP contribution in [0.3, 0.4) is 0 Å². The van der Waals surface area contributed by atoms with Crippen LogP contribution in [0.25, 0.3) is 0 Å². The third-order valence-electron chi connectivity index (χ3n) is 2.60. The van der Waals surface area contributed by atoms with Crippen molar-refractivity contribution in [2.24, 2.45) is 0 Å². The number of aliphatic hydroxyl groups excluding tert-OH is 1. The molecule has 1 aliphatic rings. The molecule has 0 aromatic carbocycles. The lowest BCUT2D eigenvalue weighted by Crippen LogP contribution is -2.40. The fourth-order valence-corrected chi connectivity index (χ4v) is 1.80. The molecule has 0 aliphatic carbocycles. The van der Waals surface area contributed by atoms with Crippen LogP contribution in [0.2, 0.25) is 0 Å². The van der Waals surface area contributed by atoms with Crippen LogP contribution in [-0.4, -0.2) is 52.0 Å². The van der Waals surface area contributed by atoms with Crippen molar-refractivity contribution in [3.05, 3.63) is 0 Å². The van der Waals surface area contributed by atoms with Gasteiger partial charge in [0.2, 0.25) is 5.91 Å². The molecule has 6 nitrogen and oxygen atoms in total. The van der Waals surface area contributed by atoms with E-state index < -0.39 is 18.1 Å². The predicted octanol–water partition coefficient (Wildman–Crippen LogP) is -0.598. The van der Waals surface area contributed by atoms with Gasteiger partial charge in [-0.15, -0.1) is 0 Å². The van der Waals surface area contributed by atoms with E-state index in [1.165, 1.54) is 4.90 Å². The fraction of sp³-hybridized carbons (Fsp3) is 0.700. The van der Waals surface area contributed by atoms with Gasteiger partial charge in [0, 0.05) is 25.8 Å². The van der Waals surface area contributed by atoms with Crippen molar-refractivity contribution >= 4 is 18.2 Å². The van der Waals surface area contributed by atoms with Gasteiger partial charge in [-0.25, -0.2) is 4.79 Å². The number of unbranched alkanes of at least 4 members (excludes halogenated alkanes) is 1. The lowest BCUT2D eigenvalue weighted by Gasteiger charge is -2.20. The van der Waals surface area contributed by atoms with Crippen LogP contribution in [-0.2, 0) is 14.4 Å². The van der Waals surface area contributed by atoms with E-state index in [0.29, 0.717) is 12.8 Å². The number of hydrogen-bond acceptors (Lipinski definition) is 4. The van der Waals surface area contributed by atoms with Crippen LogP contribution in [0.1, 0.15) is 25.7 Å². The molecule has 2 N–H and O–H groups in total. The molecule has 0 bridgehead atoms. The van der Waals surface area contributed by atoms with Crippen molar-refractivity contribution in [2.75, 3.05) is 6.54 Å². The van der Waals surface area contributed by atoms with Gasteiger partial charge in [-0.3, -0.25) is 4.79 Å². The van der Waals surface area contributed by atoms with E-state index in [9.17, 15) is 19.5 Å². The van der Waals surface area contributed by atoms with Crippen molar-refractivity contribution in [2.45, 2.75) is 37.8 Å². The monoisotopic (exact) mass is 229 g/mol. The quantitative estimate of drug-likeness (QED) is 0.485. The molecule has 0 radical (unpaired) electrons. The Labute approximate surface area is 92.9 Å². The van der Waals surface area contributed by atoms with Gasteiger partial charge in [0.25, 0.3) is 0 Å². The SMILES string of the molecule is O=CCCCC(=O)N1CC(O)C[C@H]1C(=O)O. The molecule has 1 amide bonds. The van der Waals surface area contributed by atoms with Crippen LogP contribution in [0.15, 0.2) is 0 Å². The molecule has 1 rings (SSSR count). The highest BCUT2D eigenvalue weighted by Gasteiger charge is 2.38. The van der Waals surface area contributed by atoms with Crippen LogP contribution in [0.5, 0.6) is 0 Å². The number of carboxylic acids is 1. The van der Waals surface area contributed by atoms with Crippen molar-refractivity contribution < 1.29 is 24.6 Å². The Kier molecular flexibility index (Phi) is 4.42. The number of carbonyl (C=O) groups excluding carboxylic acids is 2. The van der Waals surface area contributed by atoms with Gasteiger partial charge in [0.1, 0.15) is 12.3 Å². The third kappa shape index (κ3) is 3.03. The second kappa shape index (κ2) is 5.60. The van der Waals surface area contributed by atoms with E-state index in [0.717, 1.165) is 6.29 Å². The molecule has 0 spiro atoms. The van der Waals surface area contributed by atoms with Crippen molar-refractivity contribution in [1.82, 2.24) is 4.90 Å². The first-order valence-electron chi connectivity index (χ1n) is 5.20. The predicted molar refractivity (Wildman–Crippen MR) is 53.7 cm³/mol. The molecular formula is C10H15NO5. The van der Waals surface area contributed by atoms with E-state index in [-0.39, 0.29) is 25.3 Å². The van der Waals surface area contributed by atoms with E-state index in [2.05, 4.69) is 0 Å². The second-order valence-corrected chi connectivity index (χ2v) is 3.85. The zero-order chi connectivity index (χ0) is 12.1. The molecular weight excluding hydrogens is 214 g/mol. The Morgan fingerprint density at radius 3 is 2.69 bits per heavy atom. The van der Waals surface area contributed by atoms with Crippen LogP contribution in [0, 0.1) is 0 Å². The maximum Gasteiger partial charge on any atom is 0.326 e. The topological polar surface area (TPSA) is 94.9 Å². The Hall–Kier alpha value is -1.43. The number of aldehydes is 1. The molecule has 0 aromatic rings. The summed E-state index contributed by atoms with van der Waals surface area (Å²) in [5, 5.41) is 18.2. The standard InChI is InChI=1S/C10H15NO5/c12-4-2-1-3-9(14)11-6-7(13)5-8(11)10(15)16/h4,7-8,13H,1-3,5-6H2,(H,15,16)/t7?,8-/m0/s1. The number of amides is 1. The number of rotatable bonds is 5. The highest BCUT2D eigenvalue weighted by molar-refractivity contribution is 5.84. The molecule has 0 saturated carbocycles. The van der Waals surface area contributed by atoms with Gasteiger partial charge >= 0.3 is 5.97 Å². The molecule has 2 atom stereocenters. The lowest BCUT2D eigenvalue weighted by molar-refractivity contribution is -0.148. The average molecular weight is 229 g/mol. The third-order valence-corrected chi connectivity index (χ3v) is 2.60. The van der Waals surface area contributed by atoms with Gasteiger partial charge in [0.05, 0.1) is 6.10 Å². The minimum absolute atomic E-state index is 0.0664. The number of likely N-dealkylation sites (tertiary alicyclic amines) is 1. The van der Waals surface area contributed by atoms with Gasteiger partial charge in [-0.2, -0.15) is 0 Å². The summed E-state index contributed by atoms with van der Waals surface area (Å²) in [4.78, 5) is 33.7. The molecule has 1 saturated heterocycles. The van der Waals surface area contributed by atoms with Crippen LogP contribution >= 0.6 is 0 Å². The average Bonchev–Trinajstić information content (AvgIpc) is 2.61. The zero-order valence-electron chi connectivity index (χ0n) is 8.83. The highest BCUT2D eigenvalue weighted by Crippen LogP contribution is 2.19. The number of β-amino-alcohol motifs (C(OH)–C–C–N with tert-alkyl or cyclic N) is 1. The van der Waals surface area contributed by atoms with Crippen molar-refractivity contribution in [3.8, 4) is 0 Å². The fourth-order valence-electron chi connectivity index (χ4n) is 1.80. The van der Waals surface area contributed by atoms with Crippen molar-refractivity contribution in [1.29, 1.82) is 0 Å². The Morgan fingerprint density at radius 2 is 2.12 bits per heavy atom. The summed E-state index contributed by atoms with van der Waals surface area (Å²) >= 11 is 0. The van der Waals surface area contributed by atoms with Gasteiger partial charge in [-0.1, -0.05) is 0 Å². The lowest BCUT2D eigenvalue weighted by atomic mass is 10.2. The molecule has 1 heterocycles. The number of carbonyl (C=O) groups is 3. The van der Waals surface area contributed by atoms with E-state index >= 15 is 0 Å². The first kappa shape index (κ1) is 12.6. The minimum atomic E-state index is -1.10. The summed E-state index contributed by atoms with van der Waals surface area (Å²) in [5.74, 6) is -1.41. The molecule has 1 aliphatic heterocycles. The molecule has 6 heteroatoms. The number of carboxylic acid groups (broad SMARTS) is 1. The largest absolute Gasteiger partial charge is 0.480 e. The smallest absolute Gasteiger partial charge is 0.326 e. The molecule has 1 unspecified atom stereocenters. The Balaban J connectivity index is 2.53. The maximum absolute atomic E-state index is 11.6. The summed E-state index contributed by atoms with van der Waals surface area (Å²) in [6, 6.07) is -0.932. The minimum Gasteiger partial charge on any atom is -0.480 e. The summed E-state index contributed by atoms with van der Waals surface area (Å²) in [6.45, 7) is 0.0664. The Morgan fingerprint density at radius 1 is 1.44 bits per heavy atom. The number of aliphatic carboxylic acids is 1. The van der Waals surface area contributed by atoms with Gasteiger partial charge in [0.15, 0.2) is 0 Å². The zero-order valence-corrected chi connectivity index (χ0v) is 8.83. The maximum atomic E-state index is 11.6. The molecule has 90 valence electrons. The van der Waals surface area contributed by atoms with Crippen molar-refractivity contribution in [3.63, 3.8) is 0 Å². The number of aliphatic hydroxyl groups is 1. The first-order chi connectivity index (χ1) is 7.56. The molecule has 16 heavy (non-hydrogen) atoms. The highest BCUT2D eigenvalue weighted by atomic mass is 16.4. The first-order valence-corrected chi connectivity index (χ1v) is 5.20. The summed E-state index contributed by atoms with van der Waals surface area (Å²) in [7, 11) is 0. The molecule has 1 fully saturated rings. The van der Waals surface area contributed by atoms with Crippen LogP contribution in [0.4, 0.5) is 0 Å².